The monoisotopic (exact) mass is 768 g/mol. The highest BCUT2D eigenvalue weighted by Gasteiger charge is 2.19. The number of fused-ring (bicyclic) bond motifs is 11. The number of rotatable bonds is 5. The lowest BCUT2D eigenvalue weighted by Gasteiger charge is -2.13. The van der Waals surface area contributed by atoms with E-state index >= 15 is 0 Å². The number of thiophene rings is 1. The van der Waals surface area contributed by atoms with E-state index in [0.29, 0.717) is 17.5 Å². The summed E-state index contributed by atoms with van der Waals surface area (Å²) < 4.78 is 2.45. The van der Waals surface area contributed by atoms with E-state index in [9.17, 15) is 0 Å². The summed E-state index contributed by atoms with van der Waals surface area (Å²) >= 11 is 1.82. The highest BCUT2D eigenvalue weighted by molar-refractivity contribution is 7.26. The first-order chi connectivity index (χ1) is 29.2. The molecule has 0 aliphatic carbocycles. The van der Waals surface area contributed by atoms with Crippen LogP contribution in [-0.2, 0) is 0 Å². The second-order valence-electron chi connectivity index (χ2n) is 15.0. The van der Waals surface area contributed by atoms with E-state index in [0.717, 1.165) is 50.0 Å². The van der Waals surface area contributed by atoms with Crippen LogP contribution in [0.4, 0.5) is 0 Å². The van der Waals surface area contributed by atoms with Crippen LogP contribution in [0.2, 0.25) is 0 Å². The molecular weight excluding hydrogens is 737 g/mol. The average Bonchev–Trinajstić information content (AvgIpc) is 3.72. The van der Waals surface area contributed by atoms with Crippen LogP contribution in [-0.4, -0.2) is 19.9 Å². The van der Waals surface area contributed by atoms with Gasteiger partial charge in [-0.1, -0.05) is 164 Å². The Bertz CT molecular complexity index is 3520. The van der Waals surface area contributed by atoms with Crippen LogP contribution >= 0.6 is 11.3 Å². The van der Waals surface area contributed by atoms with Crippen molar-refractivity contribution in [3.8, 4) is 56.5 Å². The van der Waals surface area contributed by atoms with Crippen molar-refractivity contribution in [3.05, 3.63) is 194 Å². The Kier molecular flexibility index (Phi) is 7.68. The molecule has 0 aliphatic rings. The largest absolute Gasteiger partial charge is 0.246 e. The van der Waals surface area contributed by atoms with Crippen LogP contribution in [0, 0.1) is 0 Å². The molecule has 5 heteroatoms. The van der Waals surface area contributed by atoms with Crippen LogP contribution in [0.1, 0.15) is 0 Å². The highest BCUT2D eigenvalue weighted by atomic mass is 32.1. The Hall–Kier alpha value is -7.60. The summed E-state index contributed by atoms with van der Waals surface area (Å²) in [6, 6.07) is 68.6. The minimum absolute atomic E-state index is 0.633. The van der Waals surface area contributed by atoms with Crippen molar-refractivity contribution < 1.29 is 0 Å². The molecule has 0 saturated carbocycles. The molecule has 3 aromatic heterocycles. The van der Waals surface area contributed by atoms with Crippen molar-refractivity contribution in [2.45, 2.75) is 0 Å². The summed E-state index contributed by atoms with van der Waals surface area (Å²) in [5, 5.41) is 11.2. The Morgan fingerprint density at radius 2 is 0.763 bits per heavy atom. The van der Waals surface area contributed by atoms with Gasteiger partial charge in [0.2, 0.25) is 0 Å². The van der Waals surface area contributed by atoms with Crippen molar-refractivity contribution in [2.24, 2.45) is 0 Å². The summed E-state index contributed by atoms with van der Waals surface area (Å²) in [7, 11) is 0. The molecule has 3 heterocycles. The van der Waals surface area contributed by atoms with Crippen LogP contribution in [0.25, 0.3) is 120 Å². The van der Waals surface area contributed by atoms with Gasteiger partial charge in [-0.2, -0.15) is 0 Å². The fourth-order valence-electron chi connectivity index (χ4n) is 8.69. The van der Waals surface area contributed by atoms with Gasteiger partial charge in [0, 0.05) is 43.1 Å². The van der Waals surface area contributed by atoms with Gasteiger partial charge < -0.3 is 0 Å². The van der Waals surface area contributed by atoms with Gasteiger partial charge in [0.1, 0.15) is 0 Å². The van der Waals surface area contributed by atoms with Crippen molar-refractivity contribution >= 4 is 74.7 Å². The van der Waals surface area contributed by atoms with Crippen molar-refractivity contribution in [3.63, 3.8) is 0 Å². The van der Waals surface area contributed by atoms with Gasteiger partial charge in [-0.05, 0) is 73.8 Å². The molecule has 0 atom stereocenters. The average molecular weight is 769 g/mol. The summed E-state index contributed by atoms with van der Waals surface area (Å²) in [6.45, 7) is 0. The quantitative estimate of drug-likeness (QED) is 0.164. The third-order valence-corrected chi connectivity index (χ3v) is 12.7. The van der Waals surface area contributed by atoms with Gasteiger partial charge in [-0.3, -0.25) is 0 Å². The standard InChI is InChI=1S/C54H32N4S/c1-3-14-33(15-4-1)52-56-53(34-16-5-2-6-17-34)58-54(57-52)38-19-13-18-35(30-38)36-27-29-47-46(31-36)49-44-24-11-12-25-48(44)59-51(49)50(55-47)37-26-28-43-41-22-8-7-20-39(41)40-21-9-10-23-42(40)45(43)32-37/h1-32H. The SMILES string of the molecule is c1ccc(-c2nc(-c3ccccc3)nc(-c3cccc(-c4ccc5nc(-c6ccc7c8ccccc8c8ccccc8c7c6)c6sc7ccccc7c6c5c4)c3)n2)cc1. The second kappa shape index (κ2) is 13.5. The molecule has 0 radical (unpaired) electrons. The predicted molar refractivity (Wildman–Crippen MR) is 248 cm³/mol. The van der Waals surface area contributed by atoms with E-state index in [2.05, 4.69) is 133 Å². The highest BCUT2D eigenvalue weighted by Crippen LogP contribution is 2.45. The van der Waals surface area contributed by atoms with E-state index in [1.54, 1.807) is 0 Å². The van der Waals surface area contributed by atoms with E-state index in [-0.39, 0.29) is 0 Å². The summed E-state index contributed by atoms with van der Waals surface area (Å²) in [5.41, 5.74) is 8.11. The van der Waals surface area contributed by atoms with Gasteiger partial charge in [-0.15, -0.1) is 11.3 Å². The van der Waals surface area contributed by atoms with Crippen molar-refractivity contribution in [1.82, 2.24) is 19.9 Å². The lowest BCUT2D eigenvalue weighted by molar-refractivity contribution is 1.07. The number of nitrogens with zero attached hydrogens (tertiary/aromatic N) is 4. The van der Waals surface area contributed by atoms with Crippen LogP contribution in [0.5, 0.6) is 0 Å². The van der Waals surface area contributed by atoms with Gasteiger partial charge in [0.05, 0.1) is 15.9 Å². The Morgan fingerprint density at radius 1 is 0.288 bits per heavy atom. The van der Waals surface area contributed by atoms with Crippen molar-refractivity contribution in [2.75, 3.05) is 0 Å². The summed E-state index contributed by atoms with van der Waals surface area (Å²) in [4.78, 5) is 20.4. The predicted octanol–water partition coefficient (Wildman–Crippen LogP) is 14.6. The molecule has 0 amide bonds. The molecular formula is C54H32N4S. The van der Waals surface area contributed by atoms with E-state index < -0.39 is 0 Å². The molecule has 274 valence electrons. The third-order valence-electron chi connectivity index (χ3n) is 11.5. The normalized spacial score (nSPS) is 11.7. The number of hydrogen-bond donors (Lipinski definition) is 0. The molecule has 0 bridgehead atoms. The lowest BCUT2D eigenvalue weighted by atomic mass is 9.92. The van der Waals surface area contributed by atoms with Crippen LogP contribution in [0.3, 0.4) is 0 Å². The maximum atomic E-state index is 5.48. The molecule has 0 unspecified atom stereocenters. The van der Waals surface area contributed by atoms with E-state index in [1.165, 1.54) is 52.5 Å². The number of pyridine rings is 1. The molecule has 12 aromatic rings. The second-order valence-corrected chi connectivity index (χ2v) is 16.0. The number of aromatic nitrogens is 4. The summed E-state index contributed by atoms with van der Waals surface area (Å²) in [6.07, 6.45) is 0. The first kappa shape index (κ1) is 33.5. The van der Waals surface area contributed by atoms with E-state index in [1.807, 2.05) is 72.0 Å². The molecule has 4 nitrogen and oxygen atoms in total. The minimum atomic E-state index is 0.633. The van der Waals surface area contributed by atoms with Gasteiger partial charge in [0.15, 0.2) is 17.5 Å². The topological polar surface area (TPSA) is 51.6 Å². The Morgan fingerprint density at radius 3 is 1.42 bits per heavy atom. The maximum absolute atomic E-state index is 5.48. The molecule has 59 heavy (non-hydrogen) atoms. The Labute approximate surface area is 343 Å². The fourth-order valence-corrected chi connectivity index (χ4v) is 9.92. The smallest absolute Gasteiger partial charge is 0.164 e. The summed E-state index contributed by atoms with van der Waals surface area (Å²) in [5.74, 6) is 1.92. The molecule has 9 aromatic carbocycles. The third kappa shape index (κ3) is 5.58. The Balaban J connectivity index is 1.03. The van der Waals surface area contributed by atoms with Crippen LogP contribution in [0.15, 0.2) is 194 Å². The van der Waals surface area contributed by atoms with Gasteiger partial charge in [0.25, 0.3) is 0 Å². The minimum Gasteiger partial charge on any atom is -0.246 e. The molecule has 12 rings (SSSR count). The molecule has 0 N–H and O–H groups in total. The zero-order valence-corrected chi connectivity index (χ0v) is 32.5. The van der Waals surface area contributed by atoms with Crippen molar-refractivity contribution in [1.29, 1.82) is 0 Å². The van der Waals surface area contributed by atoms with Gasteiger partial charge >= 0.3 is 0 Å². The van der Waals surface area contributed by atoms with E-state index in [4.69, 9.17) is 19.9 Å². The maximum Gasteiger partial charge on any atom is 0.164 e. The first-order valence-electron chi connectivity index (χ1n) is 19.8. The lowest BCUT2D eigenvalue weighted by Crippen LogP contribution is -2.00. The molecule has 0 aliphatic heterocycles. The molecule has 0 fully saturated rings. The first-order valence-corrected chi connectivity index (χ1v) is 20.6. The number of benzene rings is 9. The zero-order valence-electron chi connectivity index (χ0n) is 31.7. The molecule has 0 spiro atoms. The number of hydrogen-bond acceptors (Lipinski definition) is 5. The van der Waals surface area contributed by atoms with Crippen LogP contribution < -0.4 is 0 Å². The molecule has 0 saturated heterocycles. The zero-order chi connectivity index (χ0) is 38.9. The van der Waals surface area contributed by atoms with Gasteiger partial charge in [-0.25, -0.2) is 19.9 Å². The fraction of sp³-hybridized carbons (Fsp3) is 0.